The van der Waals surface area contributed by atoms with Gasteiger partial charge in [0.25, 0.3) is 5.56 Å². The first-order chi connectivity index (χ1) is 12.1. The van der Waals surface area contributed by atoms with E-state index >= 15 is 0 Å². The number of rotatable bonds is 5. The van der Waals surface area contributed by atoms with Gasteiger partial charge in [-0.05, 0) is 61.6 Å². The van der Waals surface area contributed by atoms with Crippen molar-refractivity contribution in [2.45, 2.75) is 38.6 Å². The minimum atomic E-state index is -0.487. The average Bonchev–Trinajstić information content (AvgIpc) is 3.21. The Kier molecular flexibility index (Phi) is 4.27. The highest BCUT2D eigenvalue weighted by Crippen LogP contribution is 2.49. The van der Waals surface area contributed by atoms with Crippen LogP contribution in [-0.4, -0.2) is 22.0 Å². The first kappa shape index (κ1) is 16.2. The van der Waals surface area contributed by atoms with Crippen LogP contribution < -0.4 is 10.9 Å². The Morgan fingerprint density at radius 3 is 2.96 bits per heavy atom. The van der Waals surface area contributed by atoms with Gasteiger partial charge in [0.15, 0.2) is 0 Å². The molecule has 0 radical (unpaired) electrons. The summed E-state index contributed by atoms with van der Waals surface area (Å²) in [6, 6.07) is 3.89. The highest BCUT2D eigenvalue weighted by atomic mass is 19.1. The van der Waals surface area contributed by atoms with Crippen LogP contribution in [0.1, 0.15) is 32.1 Å². The fourth-order valence-electron chi connectivity index (χ4n) is 4.58. The number of hydrogen-bond acceptors (Lipinski definition) is 3. The van der Waals surface area contributed by atoms with E-state index in [0.717, 1.165) is 30.2 Å². The third-order valence-electron chi connectivity index (χ3n) is 5.82. The Morgan fingerprint density at radius 2 is 2.20 bits per heavy atom. The predicted octanol–water partition coefficient (Wildman–Crippen LogP) is 2.48. The molecule has 0 spiro atoms. The fourth-order valence-corrected chi connectivity index (χ4v) is 4.58. The zero-order chi connectivity index (χ0) is 17.4. The average molecular weight is 343 g/mol. The molecule has 25 heavy (non-hydrogen) atoms. The molecule has 3 unspecified atom stereocenters. The van der Waals surface area contributed by atoms with Crippen molar-refractivity contribution in [3.8, 4) is 0 Å². The van der Waals surface area contributed by atoms with E-state index in [1.807, 2.05) is 0 Å². The molecule has 132 valence electrons. The summed E-state index contributed by atoms with van der Waals surface area (Å²) < 4.78 is 14.6. The van der Waals surface area contributed by atoms with Gasteiger partial charge in [0.1, 0.15) is 12.4 Å². The molecule has 6 heteroatoms. The monoisotopic (exact) mass is 343 g/mol. The molecule has 2 fully saturated rings. The van der Waals surface area contributed by atoms with Crippen molar-refractivity contribution in [3.63, 3.8) is 0 Å². The number of carbonyl (C=O) groups excluding carboxylic acids is 1. The lowest BCUT2D eigenvalue weighted by molar-refractivity contribution is -0.121. The van der Waals surface area contributed by atoms with E-state index < -0.39 is 11.4 Å². The summed E-state index contributed by atoms with van der Waals surface area (Å²) in [5.74, 6) is 1.81. The van der Waals surface area contributed by atoms with Gasteiger partial charge in [-0.15, -0.1) is 0 Å². The van der Waals surface area contributed by atoms with E-state index in [4.69, 9.17) is 0 Å². The maximum absolute atomic E-state index is 13.3. The molecule has 0 saturated heterocycles. The molecule has 2 bridgehead atoms. The topological polar surface area (TPSA) is 64.0 Å². The molecular weight excluding hydrogens is 321 g/mol. The molecule has 0 aliphatic heterocycles. The van der Waals surface area contributed by atoms with Crippen LogP contribution in [0.15, 0.2) is 29.3 Å². The minimum absolute atomic E-state index is 0.0883. The van der Waals surface area contributed by atoms with Crippen molar-refractivity contribution < 1.29 is 9.18 Å². The fraction of sp³-hybridized carbons (Fsp3) is 0.526. The molecule has 5 nitrogen and oxygen atoms in total. The third kappa shape index (κ3) is 3.30. The molecule has 2 aliphatic rings. The van der Waals surface area contributed by atoms with Crippen molar-refractivity contribution >= 4 is 16.8 Å². The minimum Gasteiger partial charge on any atom is -0.355 e. The van der Waals surface area contributed by atoms with E-state index in [-0.39, 0.29) is 17.8 Å². The highest BCUT2D eigenvalue weighted by molar-refractivity contribution is 5.78. The van der Waals surface area contributed by atoms with Crippen molar-refractivity contribution in [1.82, 2.24) is 14.9 Å². The maximum Gasteiger partial charge on any atom is 0.261 e. The highest BCUT2D eigenvalue weighted by Gasteiger charge is 2.38. The van der Waals surface area contributed by atoms with Gasteiger partial charge in [-0.2, -0.15) is 0 Å². The van der Waals surface area contributed by atoms with Crippen LogP contribution in [0, 0.1) is 23.6 Å². The van der Waals surface area contributed by atoms with Crippen molar-refractivity contribution in [2.75, 3.05) is 6.54 Å². The van der Waals surface area contributed by atoms with Gasteiger partial charge in [0.2, 0.25) is 5.91 Å². The van der Waals surface area contributed by atoms with E-state index in [9.17, 15) is 14.0 Å². The zero-order valence-corrected chi connectivity index (χ0v) is 14.1. The van der Waals surface area contributed by atoms with Crippen LogP contribution in [0.25, 0.3) is 10.9 Å². The van der Waals surface area contributed by atoms with Gasteiger partial charge < -0.3 is 5.32 Å². The molecule has 1 N–H and O–H groups in total. The van der Waals surface area contributed by atoms with Crippen LogP contribution in [0.3, 0.4) is 0 Å². The quantitative estimate of drug-likeness (QED) is 0.907. The first-order valence-electron chi connectivity index (χ1n) is 9.01. The second-order valence-electron chi connectivity index (χ2n) is 7.41. The van der Waals surface area contributed by atoms with Crippen molar-refractivity contribution in [3.05, 3.63) is 40.7 Å². The van der Waals surface area contributed by atoms with Crippen LogP contribution in [-0.2, 0) is 11.3 Å². The third-order valence-corrected chi connectivity index (χ3v) is 5.82. The normalized spacial score (nSPS) is 24.8. The van der Waals surface area contributed by atoms with E-state index in [2.05, 4.69) is 10.3 Å². The number of hydrogen-bond donors (Lipinski definition) is 1. The van der Waals surface area contributed by atoms with Crippen LogP contribution in [0.2, 0.25) is 0 Å². The largest absolute Gasteiger partial charge is 0.355 e. The lowest BCUT2D eigenvalue weighted by atomic mass is 9.86. The molecular formula is C19H22FN3O2. The van der Waals surface area contributed by atoms with Crippen molar-refractivity contribution in [2.24, 2.45) is 17.8 Å². The van der Waals surface area contributed by atoms with Crippen LogP contribution in [0.4, 0.5) is 4.39 Å². The molecule has 2 saturated carbocycles. The molecule has 3 atom stereocenters. The Balaban J connectivity index is 1.35. The lowest BCUT2D eigenvalue weighted by Gasteiger charge is -2.21. The molecule has 2 aliphatic carbocycles. The molecule has 2 aromatic rings. The number of carbonyl (C=O) groups is 1. The summed E-state index contributed by atoms with van der Waals surface area (Å²) in [7, 11) is 0. The van der Waals surface area contributed by atoms with E-state index in [0.29, 0.717) is 12.1 Å². The summed E-state index contributed by atoms with van der Waals surface area (Å²) in [6.45, 7) is 0.562. The number of benzene rings is 1. The second kappa shape index (κ2) is 6.58. The molecule has 1 amide bonds. The maximum atomic E-state index is 13.3. The van der Waals surface area contributed by atoms with Gasteiger partial charge in [0.05, 0.1) is 17.2 Å². The Bertz CT molecular complexity index is 863. The standard InChI is InChI=1S/C19H22FN3O2/c20-15-3-4-17-16(9-15)19(25)23(11-22-17)10-18(24)21-6-5-14-8-12-1-2-13(14)7-12/h3-4,9,11-14H,1-2,5-8,10H2,(H,21,24). The van der Waals surface area contributed by atoms with Crippen LogP contribution >= 0.6 is 0 Å². The predicted molar refractivity (Wildman–Crippen MR) is 92.5 cm³/mol. The summed E-state index contributed by atoms with van der Waals surface area (Å²) in [6.07, 6.45) is 7.76. The van der Waals surface area contributed by atoms with Gasteiger partial charge in [-0.25, -0.2) is 9.37 Å². The van der Waals surface area contributed by atoms with E-state index in [1.54, 1.807) is 0 Å². The number of amides is 1. The summed E-state index contributed by atoms with van der Waals surface area (Å²) in [4.78, 5) is 28.6. The number of fused-ring (bicyclic) bond motifs is 3. The number of halogens is 1. The first-order valence-corrected chi connectivity index (χ1v) is 9.01. The molecule has 4 rings (SSSR count). The second-order valence-corrected chi connectivity index (χ2v) is 7.41. The van der Waals surface area contributed by atoms with Gasteiger partial charge in [0, 0.05) is 6.54 Å². The molecule has 1 heterocycles. The Hall–Kier alpha value is -2.24. The summed E-state index contributed by atoms with van der Waals surface area (Å²) >= 11 is 0. The van der Waals surface area contributed by atoms with Gasteiger partial charge >= 0.3 is 0 Å². The van der Waals surface area contributed by atoms with Crippen molar-refractivity contribution in [1.29, 1.82) is 0 Å². The SMILES string of the molecule is O=C(Cn1cnc2ccc(F)cc2c1=O)NCCC1CC2CCC1C2. The zero-order valence-electron chi connectivity index (χ0n) is 14.1. The lowest BCUT2D eigenvalue weighted by Crippen LogP contribution is -2.33. The van der Waals surface area contributed by atoms with Gasteiger partial charge in [-0.3, -0.25) is 14.2 Å². The number of aromatic nitrogens is 2. The van der Waals surface area contributed by atoms with Gasteiger partial charge in [-0.1, -0.05) is 6.42 Å². The summed E-state index contributed by atoms with van der Waals surface area (Å²) in [5.41, 5.74) is 0.0343. The number of nitrogens with zero attached hydrogens (tertiary/aromatic N) is 2. The summed E-state index contributed by atoms with van der Waals surface area (Å²) in [5, 5.41) is 3.10. The molecule has 1 aromatic heterocycles. The smallest absolute Gasteiger partial charge is 0.261 e. The van der Waals surface area contributed by atoms with E-state index in [1.165, 1.54) is 48.7 Å². The Morgan fingerprint density at radius 1 is 1.32 bits per heavy atom. The number of nitrogens with one attached hydrogen (secondary N) is 1. The Labute approximate surface area is 145 Å². The molecule has 1 aromatic carbocycles. The van der Waals surface area contributed by atoms with Crippen LogP contribution in [0.5, 0.6) is 0 Å².